The van der Waals surface area contributed by atoms with Crippen LogP contribution in [0.4, 0.5) is 5.82 Å². The number of nitrogens with one attached hydrogen (secondary N) is 2. The van der Waals surface area contributed by atoms with Crippen LogP contribution in [0.1, 0.15) is 20.3 Å². The highest BCUT2D eigenvalue weighted by atomic mass is 32.2. The molecule has 0 bridgehead atoms. The SMILES string of the molecule is CCCn1c(Sc2cc(NCC)ncn2)n[nH]c1=O. The zero-order chi connectivity index (χ0) is 13.7. The van der Waals surface area contributed by atoms with Crippen LogP contribution in [0.15, 0.2) is 27.4 Å². The molecule has 2 N–H and O–H groups in total. The van der Waals surface area contributed by atoms with Crippen LogP contribution in [0.25, 0.3) is 0 Å². The van der Waals surface area contributed by atoms with E-state index in [1.165, 1.54) is 18.1 Å². The van der Waals surface area contributed by atoms with Gasteiger partial charge in [0.05, 0.1) is 0 Å². The quantitative estimate of drug-likeness (QED) is 0.777. The first kappa shape index (κ1) is 13.6. The second-order valence-corrected chi connectivity index (χ2v) is 4.82. The predicted molar refractivity (Wildman–Crippen MR) is 73.5 cm³/mol. The molecular weight excluding hydrogens is 264 g/mol. The molecule has 0 saturated heterocycles. The van der Waals surface area contributed by atoms with Crippen molar-refractivity contribution in [1.29, 1.82) is 0 Å². The molecule has 2 heterocycles. The third kappa shape index (κ3) is 3.34. The van der Waals surface area contributed by atoms with Crippen LogP contribution in [0.5, 0.6) is 0 Å². The van der Waals surface area contributed by atoms with E-state index in [0.29, 0.717) is 11.7 Å². The molecule has 2 aromatic heterocycles. The molecule has 0 saturated carbocycles. The molecule has 0 aromatic carbocycles. The third-order valence-electron chi connectivity index (χ3n) is 2.37. The van der Waals surface area contributed by atoms with Crippen LogP contribution < -0.4 is 11.0 Å². The standard InChI is InChI=1S/C11H16N6OS/c1-3-5-17-10(18)15-16-11(17)19-9-6-8(12-4-2)13-7-14-9/h6-7H,3-5H2,1-2H3,(H,15,18)(H,12,13,14). The Kier molecular flexibility index (Phi) is 4.56. The van der Waals surface area contributed by atoms with E-state index >= 15 is 0 Å². The van der Waals surface area contributed by atoms with Crippen molar-refractivity contribution in [2.24, 2.45) is 0 Å². The van der Waals surface area contributed by atoms with Crippen molar-refractivity contribution in [2.75, 3.05) is 11.9 Å². The van der Waals surface area contributed by atoms with Gasteiger partial charge in [-0.05, 0) is 25.1 Å². The molecule has 0 aliphatic heterocycles. The van der Waals surface area contributed by atoms with E-state index in [-0.39, 0.29) is 5.69 Å². The number of anilines is 1. The first-order chi connectivity index (χ1) is 9.24. The van der Waals surface area contributed by atoms with Gasteiger partial charge < -0.3 is 5.32 Å². The molecule has 0 spiro atoms. The predicted octanol–water partition coefficient (Wildman–Crippen LogP) is 1.35. The molecule has 2 rings (SSSR count). The smallest absolute Gasteiger partial charge is 0.343 e. The minimum Gasteiger partial charge on any atom is -0.370 e. The van der Waals surface area contributed by atoms with E-state index in [9.17, 15) is 4.79 Å². The third-order valence-corrected chi connectivity index (χ3v) is 3.29. The van der Waals surface area contributed by atoms with Gasteiger partial charge in [0.15, 0.2) is 5.16 Å². The van der Waals surface area contributed by atoms with Crippen molar-refractivity contribution in [3.8, 4) is 0 Å². The number of aromatic amines is 1. The van der Waals surface area contributed by atoms with E-state index in [1.54, 1.807) is 4.57 Å². The molecule has 2 aromatic rings. The fourth-order valence-electron chi connectivity index (χ4n) is 1.57. The van der Waals surface area contributed by atoms with Crippen LogP contribution in [-0.4, -0.2) is 31.3 Å². The van der Waals surface area contributed by atoms with E-state index < -0.39 is 0 Å². The molecule has 102 valence electrons. The Labute approximate surface area is 114 Å². The Morgan fingerprint density at radius 2 is 2.26 bits per heavy atom. The fourth-order valence-corrected chi connectivity index (χ4v) is 2.40. The van der Waals surface area contributed by atoms with E-state index in [2.05, 4.69) is 25.5 Å². The van der Waals surface area contributed by atoms with Gasteiger partial charge in [0.2, 0.25) is 0 Å². The maximum atomic E-state index is 11.6. The molecule has 0 aliphatic carbocycles. The zero-order valence-corrected chi connectivity index (χ0v) is 11.7. The number of nitrogens with zero attached hydrogens (tertiary/aromatic N) is 4. The summed E-state index contributed by atoms with van der Waals surface area (Å²) in [4.78, 5) is 19.8. The lowest BCUT2D eigenvalue weighted by Gasteiger charge is -2.05. The monoisotopic (exact) mass is 280 g/mol. The van der Waals surface area contributed by atoms with Crippen LogP contribution in [0.2, 0.25) is 0 Å². The van der Waals surface area contributed by atoms with Crippen molar-refractivity contribution in [3.63, 3.8) is 0 Å². The number of hydrogen-bond donors (Lipinski definition) is 2. The Morgan fingerprint density at radius 3 is 3.00 bits per heavy atom. The van der Waals surface area contributed by atoms with Gasteiger partial charge in [-0.25, -0.2) is 19.9 Å². The van der Waals surface area contributed by atoms with Crippen LogP contribution >= 0.6 is 11.8 Å². The highest BCUT2D eigenvalue weighted by Gasteiger charge is 2.10. The van der Waals surface area contributed by atoms with Crippen LogP contribution in [0, 0.1) is 0 Å². The lowest BCUT2D eigenvalue weighted by atomic mass is 10.5. The molecule has 0 atom stereocenters. The lowest BCUT2D eigenvalue weighted by Crippen LogP contribution is -2.17. The van der Waals surface area contributed by atoms with Gasteiger partial charge in [-0.15, -0.1) is 5.10 Å². The Morgan fingerprint density at radius 1 is 1.42 bits per heavy atom. The number of hydrogen-bond acceptors (Lipinski definition) is 6. The normalized spacial score (nSPS) is 10.6. The topological polar surface area (TPSA) is 88.5 Å². The number of H-pyrrole nitrogens is 1. The second kappa shape index (κ2) is 6.37. The minimum absolute atomic E-state index is 0.190. The highest BCUT2D eigenvalue weighted by Crippen LogP contribution is 2.24. The van der Waals surface area contributed by atoms with Gasteiger partial charge in [0.25, 0.3) is 0 Å². The Hall–Kier alpha value is -1.83. The zero-order valence-electron chi connectivity index (χ0n) is 10.9. The van der Waals surface area contributed by atoms with Gasteiger partial charge in [-0.1, -0.05) is 6.92 Å². The lowest BCUT2D eigenvalue weighted by molar-refractivity contribution is 0.603. The van der Waals surface area contributed by atoms with Crippen molar-refractivity contribution in [2.45, 2.75) is 37.0 Å². The summed E-state index contributed by atoms with van der Waals surface area (Å²) in [6.07, 6.45) is 2.37. The summed E-state index contributed by atoms with van der Waals surface area (Å²) in [7, 11) is 0. The first-order valence-corrected chi connectivity index (χ1v) is 6.95. The summed E-state index contributed by atoms with van der Waals surface area (Å²) in [5.41, 5.74) is -0.190. The summed E-state index contributed by atoms with van der Waals surface area (Å²) in [6.45, 7) is 5.45. The average molecular weight is 280 g/mol. The van der Waals surface area contributed by atoms with E-state index in [1.807, 2.05) is 19.9 Å². The molecule has 0 amide bonds. The molecule has 0 unspecified atom stereocenters. The maximum absolute atomic E-state index is 11.6. The average Bonchev–Trinajstić information content (AvgIpc) is 2.73. The van der Waals surface area contributed by atoms with Crippen molar-refractivity contribution >= 4 is 17.6 Å². The molecule has 0 fully saturated rings. The Balaban J connectivity index is 2.21. The highest BCUT2D eigenvalue weighted by molar-refractivity contribution is 7.99. The van der Waals surface area contributed by atoms with Gasteiger partial charge in [-0.2, -0.15) is 0 Å². The van der Waals surface area contributed by atoms with Gasteiger partial charge >= 0.3 is 5.69 Å². The second-order valence-electron chi connectivity index (χ2n) is 3.84. The van der Waals surface area contributed by atoms with E-state index in [4.69, 9.17) is 0 Å². The summed E-state index contributed by atoms with van der Waals surface area (Å²) >= 11 is 1.34. The van der Waals surface area contributed by atoms with E-state index in [0.717, 1.165) is 23.8 Å². The van der Waals surface area contributed by atoms with Gasteiger partial charge in [0.1, 0.15) is 17.2 Å². The van der Waals surface area contributed by atoms with Gasteiger partial charge in [-0.3, -0.25) is 4.57 Å². The van der Waals surface area contributed by atoms with Crippen molar-refractivity contribution in [3.05, 3.63) is 22.9 Å². The summed E-state index contributed by atoms with van der Waals surface area (Å²) in [5, 5.41) is 11.0. The molecule has 0 radical (unpaired) electrons. The van der Waals surface area contributed by atoms with Crippen LogP contribution in [0.3, 0.4) is 0 Å². The summed E-state index contributed by atoms with van der Waals surface area (Å²) in [6, 6.07) is 1.84. The molecule has 0 aliphatic rings. The Bertz CT molecular complexity index is 593. The summed E-state index contributed by atoms with van der Waals surface area (Å²) in [5.74, 6) is 0.764. The summed E-state index contributed by atoms with van der Waals surface area (Å²) < 4.78 is 1.61. The van der Waals surface area contributed by atoms with Crippen molar-refractivity contribution in [1.82, 2.24) is 24.7 Å². The first-order valence-electron chi connectivity index (χ1n) is 6.13. The van der Waals surface area contributed by atoms with Crippen molar-refractivity contribution < 1.29 is 0 Å². The number of rotatable bonds is 6. The van der Waals surface area contributed by atoms with Crippen LogP contribution in [-0.2, 0) is 6.54 Å². The maximum Gasteiger partial charge on any atom is 0.343 e. The molecule has 8 heteroatoms. The molecular formula is C11H16N6OS. The number of aromatic nitrogens is 5. The molecule has 7 nitrogen and oxygen atoms in total. The fraction of sp³-hybridized carbons (Fsp3) is 0.455. The van der Waals surface area contributed by atoms with Gasteiger partial charge in [0, 0.05) is 19.2 Å². The minimum atomic E-state index is -0.190. The largest absolute Gasteiger partial charge is 0.370 e. The molecule has 19 heavy (non-hydrogen) atoms.